The second-order valence-corrected chi connectivity index (χ2v) is 6.15. The summed E-state index contributed by atoms with van der Waals surface area (Å²) in [6.07, 6.45) is 0.968. The van der Waals surface area contributed by atoms with E-state index in [-0.39, 0.29) is 5.91 Å². The van der Waals surface area contributed by atoms with E-state index in [4.69, 9.17) is 15.2 Å². The summed E-state index contributed by atoms with van der Waals surface area (Å²) in [6, 6.07) is 17.0. The van der Waals surface area contributed by atoms with Crippen molar-refractivity contribution in [1.82, 2.24) is 4.90 Å². The molecule has 2 N–H and O–H groups in total. The standard InChI is InChI=1S/C20H24N2O3/c21-14-16-10-11-22(15-16)20(23)18-8-4-5-9-19(18)25-13-12-24-17-6-2-1-3-7-17/h1-9,16H,10-15,21H2/t16-/m0/s1. The second kappa shape index (κ2) is 8.53. The summed E-state index contributed by atoms with van der Waals surface area (Å²) in [5.74, 6) is 1.81. The van der Waals surface area contributed by atoms with Gasteiger partial charge in [0.1, 0.15) is 24.7 Å². The molecule has 3 rings (SSSR count). The highest BCUT2D eigenvalue weighted by Gasteiger charge is 2.27. The van der Waals surface area contributed by atoms with Crippen LogP contribution in [-0.2, 0) is 0 Å². The molecule has 1 fully saturated rings. The number of carbonyl (C=O) groups excluding carboxylic acids is 1. The molecule has 5 heteroatoms. The third-order valence-corrected chi connectivity index (χ3v) is 4.38. The lowest BCUT2D eigenvalue weighted by molar-refractivity contribution is 0.0782. The Hall–Kier alpha value is -2.53. The Kier molecular flexibility index (Phi) is 5.90. The van der Waals surface area contributed by atoms with Crippen LogP contribution in [0.4, 0.5) is 0 Å². The van der Waals surface area contributed by atoms with Gasteiger partial charge < -0.3 is 20.1 Å². The number of benzene rings is 2. The van der Waals surface area contributed by atoms with E-state index in [1.54, 1.807) is 0 Å². The molecule has 5 nitrogen and oxygen atoms in total. The van der Waals surface area contributed by atoms with Crippen molar-refractivity contribution in [2.75, 3.05) is 32.8 Å². The number of hydrogen-bond donors (Lipinski definition) is 1. The summed E-state index contributed by atoms with van der Waals surface area (Å²) in [6.45, 7) is 2.90. The highest BCUT2D eigenvalue weighted by atomic mass is 16.5. The Labute approximate surface area is 148 Å². The van der Waals surface area contributed by atoms with Crippen molar-refractivity contribution in [3.05, 3.63) is 60.2 Å². The van der Waals surface area contributed by atoms with Crippen LogP contribution in [0.3, 0.4) is 0 Å². The molecule has 0 saturated carbocycles. The number of para-hydroxylation sites is 2. The molecule has 1 aliphatic heterocycles. The summed E-state index contributed by atoms with van der Waals surface area (Å²) < 4.78 is 11.4. The van der Waals surface area contributed by atoms with Crippen LogP contribution in [0.2, 0.25) is 0 Å². The molecule has 2 aromatic carbocycles. The van der Waals surface area contributed by atoms with Crippen LogP contribution >= 0.6 is 0 Å². The van der Waals surface area contributed by atoms with Gasteiger partial charge >= 0.3 is 0 Å². The van der Waals surface area contributed by atoms with Gasteiger partial charge in [0.2, 0.25) is 0 Å². The number of likely N-dealkylation sites (tertiary alicyclic amines) is 1. The molecule has 0 spiro atoms. The first kappa shape index (κ1) is 17.3. The molecule has 0 radical (unpaired) electrons. The van der Waals surface area contributed by atoms with E-state index in [1.165, 1.54) is 0 Å². The summed E-state index contributed by atoms with van der Waals surface area (Å²) in [4.78, 5) is 14.6. The zero-order chi connectivity index (χ0) is 17.5. The van der Waals surface area contributed by atoms with E-state index in [2.05, 4.69) is 0 Å². The van der Waals surface area contributed by atoms with Gasteiger partial charge in [0, 0.05) is 13.1 Å². The lowest BCUT2D eigenvalue weighted by atomic mass is 10.1. The molecule has 0 aromatic heterocycles. The first-order chi connectivity index (χ1) is 12.3. The number of carbonyl (C=O) groups is 1. The van der Waals surface area contributed by atoms with E-state index >= 15 is 0 Å². The maximum Gasteiger partial charge on any atom is 0.257 e. The molecule has 25 heavy (non-hydrogen) atoms. The minimum Gasteiger partial charge on any atom is -0.490 e. The lowest BCUT2D eigenvalue weighted by Crippen LogP contribution is -2.30. The largest absolute Gasteiger partial charge is 0.490 e. The smallest absolute Gasteiger partial charge is 0.257 e. The number of hydrogen-bond acceptors (Lipinski definition) is 4. The predicted octanol–water partition coefficient (Wildman–Crippen LogP) is 2.57. The molecular formula is C20H24N2O3. The average Bonchev–Trinajstić information content (AvgIpc) is 3.15. The third kappa shape index (κ3) is 4.51. The van der Waals surface area contributed by atoms with E-state index in [0.29, 0.717) is 37.0 Å². The van der Waals surface area contributed by atoms with Crippen LogP contribution in [0.15, 0.2) is 54.6 Å². The SMILES string of the molecule is NC[C@@H]1CCN(C(=O)c2ccccc2OCCOc2ccccc2)C1. The van der Waals surface area contributed by atoms with Gasteiger partial charge in [-0.3, -0.25) is 4.79 Å². The fourth-order valence-corrected chi connectivity index (χ4v) is 2.98. The molecule has 1 aliphatic rings. The van der Waals surface area contributed by atoms with E-state index < -0.39 is 0 Å². The highest BCUT2D eigenvalue weighted by Crippen LogP contribution is 2.23. The summed E-state index contributed by atoms with van der Waals surface area (Å²) in [5, 5.41) is 0. The van der Waals surface area contributed by atoms with Gasteiger partial charge in [-0.05, 0) is 43.1 Å². The fourth-order valence-electron chi connectivity index (χ4n) is 2.98. The minimum absolute atomic E-state index is 0.00975. The maximum atomic E-state index is 12.8. The quantitative estimate of drug-likeness (QED) is 0.787. The van der Waals surface area contributed by atoms with Crippen LogP contribution in [0, 0.1) is 5.92 Å². The van der Waals surface area contributed by atoms with Crippen molar-refractivity contribution in [2.24, 2.45) is 11.7 Å². The van der Waals surface area contributed by atoms with Crippen molar-refractivity contribution in [1.29, 1.82) is 0 Å². The summed E-state index contributed by atoms with van der Waals surface area (Å²) >= 11 is 0. The number of nitrogens with zero attached hydrogens (tertiary/aromatic N) is 1. The van der Waals surface area contributed by atoms with E-state index in [1.807, 2.05) is 59.5 Å². The molecule has 1 heterocycles. The molecule has 1 atom stereocenters. The zero-order valence-electron chi connectivity index (χ0n) is 14.3. The van der Waals surface area contributed by atoms with Crippen molar-refractivity contribution in [3.63, 3.8) is 0 Å². The normalized spacial score (nSPS) is 16.7. The van der Waals surface area contributed by atoms with Crippen LogP contribution < -0.4 is 15.2 Å². The maximum absolute atomic E-state index is 12.8. The van der Waals surface area contributed by atoms with Crippen molar-refractivity contribution in [3.8, 4) is 11.5 Å². The Morgan fingerprint density at radius 1 is 1.04 bits per heavy atom. The lowest BCUT2D eigenvalue weighted by Gasteiger charge is -2.18. The number of ether oxygens (including phenoxy) is 2. The Balaban J connectivity index is 1.56. The topological polar surface area (TPSA) is 64.8 Å². The molecule has 0 bridgehead atoms. The number of amides is 1. The van der Waals surface area contributed by atoms with Crippen molar-refractivity contribution < 1.29 is 14.3 Å². The molecular weight excluding hydrogens is 316 g/mol. The fraction of sp³-hybridized carbons (Fsp3) is 0.350. The monoisotopic (exact) mass is 340 g/mol. The molecule has 1 amide bonds. The van der Waals surface area contributed by atoms with E-state index in [9.17, 15) is 4.79 Å². The van der Waals surface area contributed by atoms with Gasteiger partial charge in [-0.25, -0.2) is 0 Å². The number of nitrogens with two attached hydrogens (primary N) is 1. The van der Waals surface area contributed by atoms with Gasteiger partial charge in [-0.1, -0.05) is 30.3 Å². The molecule has 1 saturated heterocycles. The van der Waals surface area contributed by atoms with E-state index in [0.717, 1.165) is 25.3 Å². The summed E-state index contributed by atoms with van der Waals surface area (Å²) in [5.41, 5.74) is 6.31. The first-order valence-corrected chi connectivity index (χ1v) is 8.67. The van der Waals surface area contributed by atoms with Crippen molar-refractivity contribution >= 4 is 5.91 Å². The van der Waals surface area contributed by atoms with Gasteiger partial charge in [0.15, 0.2) is 0 Å². The Bertz CT molecular complexity index is 690. The minimum atomic E-state index is 0.00975. The molecule has 0 aliphatic carbocycles. The summed E-state index contributed by atoms with van der Waals surface area (Å²) in [7, 11) is 0. The van der Waals surface area contributed by atoms with Gasteiger partial charge in [-0.15, -0.1) is 0 Å². The number of rotatable bonds is 7. The van der Waals surface area contributed by atoms with Crippen molar-refractivity contribution in [2.45, 2.75) is 6.42 Å². The molecule has 0 unspecified atom stereocenters. The predicted molar refractivity (Wildman–Crippen MR) is 96.9 cm³/mol. The molecule has 2 aromatic rings. The van der Waals surface area contributed by atoms with Crippen LogP contribution in [0.5, 0.6) is 11.5 Å². The second-order valence-electron chi connectivity index (χ2n) is 6.15. The van der Waals surface area contributed by atoms with Crippen LogP contribution in [0.25, 0.3) is 0 Å². The Morgan fingerprint density at radius 3 is 2.52 bits per heavy atom. The highest BCUT2D eigenvalue weighted by molar-refractivity contribution is 5.97. The first-order valence-electron chi connectivity index (χ1n) is 8.67. The van der Waals surface area contributed by atoms with Gasteiger partial charge in [0.05, 0.1) is 5.56 Å². The molecule has 132 valence electrons. The average molecular weight is 340 g/mol. The Morgan fingerprint density at radius 2 is 1.76 bits per heavy atom. The van der Waals surface area contributed by atoms with Crippen LogP contribution in [0.1, 0.15) is 16.8 Å². The van der Waals surface area contributed by atoms with Gasteiger partial charge in [0.25, 0.3) is 5.91 Å². The zero-order valence-corrected chi connectivity index (χ0v) is 14.3. The van der Waals surface area contributed by atoms with Crippen LogP contribution in [-0.4, -0.2) is 43.7 Å². The van der Waals surface area contributed by atoms with Gasteiger partial charge in [-0.2, -0.15) is 0 Å². The third-order valence-electron chi connectivity index (χ3n) is 4.38.